The molecule has 0 spiro atoms. The Hall–Kier alpha value is -2.13. The van der Waals surface area contributed by atoms with Crippen LogP contribution >= 0.6 is 50.7 Å². The highest BCUT2D eigenvalue weighted by Crippen LogP contribution is 2.31. The molecule has 0 bridgehead atoms. The average Bonchev–Trinajstić information content (AvgIpc) is 3.04. The van der Waals surface area contributed by atoms with Gasteiger partial charge in [0, 0.05) is 10.2 Å². The van der Waals surface area contributed by atoms with Crippen LogP contribution in [0.5, 0.6) is 0 Å². The maximum atomic E-state index is 11.8. The summed E-state index contributed by atoms with van der Waals surface area (Å²) in [5, 5.41) is 22.4. The number of aromatic nitrogens is 3. The van der Waals surface area contributed by atoms with Crippen molar-refractivity contribution in [3.8, 4) is 0 Å². The topological polar surface area (TPSA) is 85.9 Å². The lowest BCUT2D eigenvalue weighted by molar-refractivity contribution is -0.419. The van der Waals surface area contributed by atoms with Crippen LogP contribution in [-0.2, 0) is 0 Å². The molecule has 1 heterocycles. The Balaban J connectivity index is 2.30. The Labute approximate surface area is 176 Å². The van der Waals surface area contributed by atoms with Gasteiger partial charge in [0.05, 0.1) is 10.4 Å². The maximum absolute atomic E-state index is 11.8. The first kappa shape index (κ1) is 19.6. The Morgan fingerprint density at radius 2 is 1.89 bits per heavy atom. The van der Waals surface area contributed by atoms with E-state index in [0.717, 1.165) is 4.47 Å². The summed E-state index contributed by atoms with van der Waals surface area (Å²) in [4.78, 5) is 11.1. The average molecular weight is 490 g/mol. The number of nitrogens with zero attached hydrogens (tertiary/aromatic N) is 4. The van der Waals surface area contributed by atoms with Crippen molar-refractivity contribution in [3.63, 3.8) is 0 Å². The van der Waals surface area contributed by atoms with E-state index in [9.17, 15) is 10.1 Å². The van der Waals surface area contributed by atoms with Crippen molar-refractivity contribution in [2.75, 3.05) is 5.32 Å². The number of rotatable bonds is 5. The molecule has 0 unspecified atom stereocenters. The summed E-state index contributed by atoms with van der Waals surface area (Å²) < 4.78 is 1.60. The van der Waals surface area contributed by atoms with Crippen molar-refractivity contribution in [1.82, 2.24) is 15.0 Å². The third-order valence-electron chi connectivity index (χ3n) is 3.43. The van der Waals surface area contributed by atoms with Crippen LogP contribution in [0.3, 0.4) is 0 Å². The van der Waals surface area contributed by atoms with Gasteiger partial charge in [-0.3, -0.25) is 10.1 Å². The monoisotopic (exact) mass is 487 g/mol. The largest absolute Gasteiger partial charge is 0.334 e. The molecule has 0 amide bonds. The van der Waals surface area contributed by atoms with Gasteiger partial charge in [-0.15, -0.1) is 5.10 Å². The van der Waals surface area contributed by atoms with Gasteiger partial charge in [-0.25, -0.2) is 0 Å². The molecule has 0 aliphatic carbocycles. The van der Waals surface area contributed by atoms with Gasteiger partial charge in [0.15, 0.2) is 5.03 Å². The summed E-state index contributed by atoms with van der Waals surface area (Å²) in [6, 6.07) is 14.0. The first-order valence-electron chi connectivity index (χ1n) is 7.31. The predicted molar refractivity (Wildman–Crippen MR) is 110 cm³/mol. The molecule has 27 heavy (non-hydrogen) atoms. The minimum absolute atomic E-state index is 0.0596. The van der Waals surface area contributed by atoms with Crippen molar-refractivity contribution >= 4 is 73.3 Å². The van der Waals surface area contributed by atoms with E-state index in [0.29, 0.717) is 16.7 Å². The van der Waals surface area contributed by atoms with E-state index >= 15 is 0 Å². The Morgan fingerprint density at radius 3 is 2.56 bits per heavy atom. The number of hydrogen-bond donors (Lipinski definition) is 1. The molecule has 0 saturated heterocycles. The van der Waals surface area contributed by atoms with Gasteiger partial charge in [0.2, 0.25) is 5.82 Å². The van der Waals surface area contributed by atoms with Crippen molar-refractivity contribution in [2.45, 2.75) is 0 Å². The van der Waals surface area contributed by atoms with E-state index in [-0.39, 0.29) is 5.82 Å². The molecule has 0 aliphatic rings. The van der Waals surface area contributed by atoms with Crippen LogP contribution in [0.2, 0.25) is 0 Å². The summed E-state index contributed by atoms with van der Waals surface area (Å²) in [7, 11) is 0. The van der Waals surface area contributed by atoms with Gasteiger partial charge < -0.3 is 5.32 Å². The van der Waals surface area contributed by atoms with Crippen molar-refractivity contribution < 1.29 is 4.92 Å². The lowest BCUT2D eigenvalue weighted by Crippen LogP contribution is -2.16. The molecule has 0 saturated carbocycles. The number of fused-ring (bicyclic) bond motifs is 1. The van der Waals surface area contributed by atoms with Gasteiger partial charge in [-0.05, 0) is 30.3 Å². The standard InChI is InChI=1S/C16H9BrCl3N5O2/c17-9-4-3-5-10(8-9)21-16(14(25(26)27)13(18)15(19)20)24-12-7-2-1-6-11(12)22-23-24/h1-8,21H/b16-14-. The number of anilines is 1. The second-order valence-electron chi connectivity index (χ2n) is 5.15. The van der Waals surface area contributed by atoms with E-state index in [1.165, 1.54) is 4.68 Å². The van der Waals surface area contributed by atoms with Crippen molar-refractivity contribution in [3.05, 3.63) is 78.3 Å². The highest BCUT2D eigenvalue weighted by molar-refractivity contribution is 9.10. The minimum Gasteiger partial charge on any atom is -0.334 e. The summed E-state index contributed by atoms with van der Waals surface area (Å²) in [6.45, 7) is 0. The molecule has 3 aromatic rings. The number of nitro groups is 1. The number of hydrogen-bond acceptors (Lipinski definition) is 5. The van der Waals surface area contributed by atoms with Crippen LogP contribution in [0.15, 0.2) is 68.2 Å². The van der Waals surface area contributed by atoms with Gasteiger partial charge in [0.1, 0.15) is 10.0 Å². The third-order valence-corrected chi connectivity index (χ3v) is 4.86. The van der Waals surface area contributed by atoms with Crippen LogP contribution in [0.4, 0.5) is 5.69 Å². The quantitative estimate of drug-likeness (QED) is 0.287. The third kappa shape index (κ3) is 4.24. The van der Waals surface area contributed by atoms with Crippen molar-refractivity contribution in [1.29, 1.82) is 0 Å². The number of benzene rings is 2. The SMILES string of the molecule is O=[N+]([O-])/C(C(Cl)=C(Cl)Cl)=C(/Nc1cccc(Br)c1)n1nnc2ccccc21. The van der Waals surface area contributed by atoms with Gasteiger partial charge in [-0.2, -0.15) is 4.68 Å². The fourth-order valence-electron chi connectivity index (χ4n) is 2.31. The molecular weight excluding hydrogens is 480 g/mol. The molecular formula is C16H9BrCl3N5O2. The lowest BCUT2D eigenvalue weighted by atomic mass is 10.3. The zero-order chi connectivity index (χ0) is 19.6. The highest BCUT2D eigenvalue weighted by atomic mass is 79.9. The molecule has 138 valence electrons. The maximum Gasteiger partial charge on any atom is 0.332 e. The zero-order valence-electron chi connectivity index (χ0n) is 13.2. The predicted octanol–water partition coefficient (Wildman–Crippen LogP) is 5.59. The lowest BCUT2D eigenvalue weighted by Gasteiger charge is -2.12. The number of para-hydroxylation sites is 1. The Morgan fingerprint density at radius 1 is 1.15 bits per heavy atom. The van der Waals surface area contributed by atoms with E-state index in [1.54, 1.807) is 42.5 Å². The van der Waals surface area contributed by atoms with Crippen LogP contribution in [-0.4, -0.2) is 19.9 Å². The fourth-order valence-corrected chi connectivity index (χ4v) is 3.05. The first-order valence-corrected chi connectivity index (χ1v) is 9.24. The van der Waals surface area contributed by atoms with Gasteiger partial charge in [-0.1, -0.05) is 74.1 Å². The number of halogens is 4. The second-order valence-corrected chi connectivity index (χ2v) is 7.40. The normalized spacial score (nSPS) is 11.9. The van der Waals surface area contributed by atoms with E-state index in [1.807, 2.05) is 6.07 Å². The summed E-state index contributed by atoms with van der Waals surface area (Å²) in [6.07, 6.45) is 0. The molecule has 1 N–H and O–H groups in total. The van der Waals surface area contributed by atoms with Crippen LogP contribution in [0, 0.1) is 10.1 Å². The van der Waals surface area contributed by atoms with Gasteiger partial charge >= 0.3 is 5.70 Å². The molecule has 0 radical (unpaired) electrons. The number of nitrogens with one attached hydrogen (secondary N) is 1. The molecule has 3 rings (SSSR count). The zero-order valence-corrected chi connectivity index (χ0v) is 17.1. The molecule has 11 heteroatoms. The fraction of sp³-hybridized carbons (Fsp3) is 0. The molecule has 7 nitrogen and oxygen atoms in total. The van der Waals surface area contributed by atoms with E-state index in [2.05, 4.69) is 31.6 Å². The molecule has 2 aromatic carbocycles. The smallest absolute Gasteiger partial charge is 0.332 e. The molecule has 0 aliphatic heterocycles. The van der Waals surface area contributed by atoms with Crippen LogP contribution in [0.1, 0.15) is 0 Å². The minimum atomic E-state index is -0.691. The summed E-state index contributed by atoms with van der Waals surface area (Å²) in [5.41, 5.74) is 1.08. The summed E-state index contributed by atoms with van der Waals surface area (Å²) in [5.74, 6) is -0.0596. The van der Waals surface area contributed by atoms with Gasteiger partial charge in [0.25, 0.3) is 0 Å². The first-order chi connectivity index (χ1) is 12.9. The second kappa shape index (κ2) is 8.26. The van der Waals surface area contributed by atoms with E-state index in [4.69, 9.17) is 34.8 Å². The molecule has 0 atom stereocenters. The van der Waals surface area contributed by atoms with Crippen LogP contribution < -0.4 is 5.32 Å². The van der Waals surface area contributed by atoms with Crippen molar-refractivity contribution in [2.24, 2.45) is 0 Å². The summed E-state index contributed by atoms with van der Waals surface area (Å²) >= 11 is 20.8. The molecule has 0 fully saturated rings. The molecule has 1 aromatic heterocycles. The highest BCUT2D eigenvalue weighted by Gasteiger charge is 2.28. The number of allylic oxidation sites excluding steroid dienone is 1. The Kier molecular flexibility index (Phi) is 6.01. The van der Waals surface area contributed by atoms with Crippen LogP contribution in [0.25, 0.3) is 16.9 Å². The van der Waals surface area contributed by atoms with E-state index < -0.39 is 20.1 Å². The Bertz CT molecular complexity index is 1090.